The minimum Gasteiger partial charge on any atom is -0.348 e. The topological polar surface area (TPSA) is 33.7 Å². The third-order valence-corrected chi connectivity index (χ3v) is 4.86. The summed E-state index contributed by atoms with van der Waals surface area (Å²) in [6, 6.07) is 0.769. The smallest absolute Gasteiger partial charge is 0.168 e. The molecule has 18 heavy (non-hydrogen) atoms. The zero-order chi connectivity index (χ0) is 12.4. The van der Waals surface area contributed by atoms with Crippen molar-refractivity contribution in [2.45, 2.75) is 43.9 Å². The molecule has 2 aliphatic heterocycles. The van der Waals surface area contributed by atoms with Gasteiger partial charge in [-0.3, -0.25) is 0 Å². The molecule has 3 fully saturated rings. The second kappa shape index (κ2) is 5.45. The van der Waals surface area contributed by atoms with Gasteiger partial charge in [-0.2, -0.15) is 0 Å². The molecule has 3 aliphatic rings. The summed E-state index contributed by atoms with van der Waals surface area (Å²) in [5.74, 6) is 0.658. The van der Waals surface area contributed by atoms with Crippen LogP contribution in [0.5, 0.6) is 0 Å². The van der Waals surface area contributed by atoms with E-state index in [-0.39, 0.29) is 5.79 Å². The van der Waals surface area contributed by atoms with E-state index < -0.39 is 0 Å². The lowest BCUT2D eigenvalue weighted by Gasteiger charge is -2.39. The van der Waals surface area contributed by atoms with Gasteiger partial charge in [0.05, 0.1) is 13.2 Å². The lowest BCUT2D eigenvalue weighted by atomic mass is 9.89. The molecule has 1 spiro atoms. The summed E-state index contributed by atoms with van der Waals surface area (Å²) in [6.07, 6.45) is 6.02. The third-order valence-electron chi connectivity index (χ3n) is 4.86. The molecule has 0 amide bonds. The van der Waals surface area contributed by atoms with Crippen LogP contribution < -0.4 is 5.32 Å². The summed E-state index contributed by atoms with van der Waals surface area (Å²) in [7, 11) is 2.06. The van der Waals surface area contributed by atoms with Crippen LogP contribution in [-0.4, -0.2) is 56.6 Å². The Morgan fingerprint density at radius 3 is 2.56 bits per heavy atom. The number of rotatable bonds is 3. The van der Waals surface area contributed by atoms with Crippen LogP contribution in [-0.2, 0) is 9.47 Å². The Labute approximate surface area is 110 Å². The summed E-state index contributed by atoms with van der Waals surface area (Å²) < 4.78 is 11.6. The van der Waals surface area contributed by atoms with Gasteiger partial charge in [-0.25, -0.2) is 0 Å². The largest absolute Gasteiger partial charge is 0.348 e. The van der Waals surface area contributed by atoms with Crippen molar-refractivity contribution >= 4 is 0 Å². The Hall–Kier alpha value is -0.160. The number of nitrogens with one attached hydrogen (secondary N) is 1. The minimum atomic E-state index is -0.194. The number of hydrogen-bond donors (Lipinski definition) is 1. The predicted octanol–water partition coefficient (Wildman–Crippen LogP) is 1.21. The lowest BCUT2D eigenvalue weighted by Crippen LogP contribution is -2.43. The van der Waals surface area contributed by atoms with Crippen LogP contribution in [0.3, 0.4) is 0 Å². The zero-order valence-electron chi connectivity index (χ0n) is 11.5. The predicted molar refractivity (Wildman–Crippen MR) is 70.5 cm³/mol. The van der Waals surface area contributed by atoms with Crippen LogP contribution in [0.1, 0.15) is 32.1 Å². The van der Waals surface area contributed by atoms with Crippen molar-refractivity contribution in [3.63, 3.8) is 0 Å². The van der Waals surface area contributed by atoms with E-state index in [0.717, 1.165) is 38.0 Å². The minimum absolute atomic E-state index is 0.194. The molecular weight excluding hydrogens is 228 g/mol. The average Bonchev–Trinajstić information content (AvgIpc) is 3.02. The molecule has 2 heterocycles. The molecule has 104 valence electrons. The number of ether oxygens (including phenoxy) is 2. The molecule has 1 N–H and O–H groups in total. The van der Waals surface area contributed by atoms with Gasteiger partial charge in [-0.05, 0) is 45.3 Å². The van der Waals surface area contributed by atoms with Gasteiger partial charge in [0.2, 0.25) is 0 Å². The molecule has 0 bridgehead atoms. The summed E-state index contributed by atoms with van der Waals surface area (Å²) >= 11 is 0. The van der Waals surface area contributed by atoms with Gasteiger partial charge < -0.3 is 19.7 Å². The van der Waals surface area contributed by atoms with Crippen LogP contribution in [0.15, 0.2) is 0 Å². The van der Waals surface area contributed by atoms with E-state index in [2.05, 4.69) is 17.3 Å². The van der Waals surface area contributed by atoms with E-state index in [1.165, 1.54) is 38.9 Å². The molecular formula is C14H26N2O2. The number of hydrogen-bond acceptors (Lipinski definition) is 4. The quantitative estimate of drug-likeness (QED) is 0.821. The Morgan fingerprint density at radius 2 is 1.89 bits per heavy atom. The van der Waals surface area contributed by atoms with Gasteiger partial charge in [-0.15, -0.1) is 0 Å². The molecule has 1 atom stereocenters. The molecule has 2 saturated heterocycles. The molecule has 1 unspecified atom stereocenters. The lowest BCUT2D eigenvalue weighted by molar-refractivity contribution is -0.183. The van der Waals surface area contributed by atoms with Crippen molar-refractivity contribution in [1.82, 2.24) is 10.2 Å². The molecule has 0 radical (unpaired) electrons. The summed E-state index contributed by atoms with van der Waals surface area (Å²) in [4.78, 5) is 2.70. The SMILES string of the molecule is CNCC1CCN(C2CCC3(CC2)OCCO3)C1. The van der Waals surface area contributed by atoms with Crippen molar-refractivity contribution in [3.8, 4) is 0 Å². The summed E-state index contributed by atoms with van der Waals surface area (Å²) in [5, 5.41) is 3.31. The van der Waals surface area contributed by atoms with Gasteiger partial charge in [0, 0.05) is 25.4 Å². The van der Waals surface area contributed by atoms with Crippen LogP contribution in [0, 0.1) is 5.92 Å². The fourth-order valence-electron chi connectivity index (χ4n) is 3.84. The fourth-order valence-corrected chi connectivity index (χ4v) is 3.84. The third kappa shape index (κ3) is 2.57. The monoisotopic (exact) mass is 254 g/mol. The van der Waals surface area contributed by atoms with Gasteiger partial charge in [0.15, 0.2) is 5.79 Å². The zero-order valence-corrected chi connectivity index (χ0v) is 11.5. The normalized spacial score (nSPS) is 33.5. The van der Waals surface area contributed by atoms with Crippen molar-refractivity contribution in [2.24, 2.45) is 5.92 Å². The molecule has 0 aromatic carbocycles. The summed E-state index contributed by atoms with van der Waals surface area (Å²) in [5.41, 5.74) is 0. The first-order chi connectivity index (χ1) is 8.81. The Kier molecular flexibility index (Phi) is 3.89. The van der Waals surface area contributed by atoms with Crippen LogP contribution >= 0.6 is 0 Å². The van der Waals surface area contributed by atoms with E-state index in [1.54, 1.807) is 0 Å². The first-order valence-corrected chi connectivity index (χ1v) is 7.48. The Balaban J connectivity index is 1.48. The molecule has 4 nitrogen and oxygen atoms in total. The first-order valence-electron chi connectivity index (χ1n) is 7.48. The van der Waals surface area contributed by atoms with Crippen molar-refractivity contribution in [2.75, 3.05) is 39.9 Å². The standard InChI is InChI=1S/C14H26N2O2/c1-15-10-12-4-7-16(11-12)13-2-5-14(6-3-13)17-8-9-18-14/h12-13,15H,2-11H2,1H3. The molecule has 0 aromatic rings. The van der Waals surface area contributed by atoms with Crippen LogP contribution in [0.25, 0.3) is 0 Å². The Morgan fingerprint density at radius 1 is 1.17 bits per heavy atom. The van der Waals surface area contributed by atoms with Gasteiger partial charge in [0.1, 0.15) is 0 Å². The second-order valence-electron chi connectivity index (χ2n) is 6.05. The highest BCUT2D eigenvalue weighted by Crippen LogP contribution is 2.38. The highest BCUT2D eigenvalue weighted by atomic mass is 16.7. The average molecular weight is 254 g/mol. The van der Waals surface area contributed by atoms with E-state index in [4.69, 9.17) is 9.47 Å². The highest BCUT2D eigenvalue weighted by molar-refractivity contribution is 4.89. The van der Waals surface area contributed by atoms with Gasteiger partial charge in [0.25, 0.3) is 0 Å². The van der Waals surface area contributed by atoms with Gasteiger partial charge in [-0.1, -0.05) is 0 Å². The molecule has 1 aliphatic carbocycles. The maximum absolute atomic E-state index is 5.80. The van der Waals surface area contributed by atoms with E-state index in [0.29, 0.717) is 0 Å². The molecule has 3 rings (SSSR count). The maximum Gasteiger partial charge on any atom is 0.168 e. The fraction of sp³-hybridized carbons (Fsp3) is 1.00. The van der Waals surface area contributed by atoms with E-state index >= 15 is 0 Å². The van der Waals surface area contributed by atoms with Crippen molar-refractivity contribution in [1.29, 1.82) is 0 Å². The highest BCUT2D eigenvalue weighted by Gasteiger charge is 2.42. The van der Waals surface area contributed by atoms with Gasteiger partial charge >= 0.3 is 0 Å². The Bertz CT molecular complexity index is 269. The maximum atomic E-state index is 5.80. The number of likely N-dealkylation sites (tertiary alicyclic amines) is 1. The van der Waals surface area contributed by atoms with E-state index in [9.17, 15) is 0 Å². The number of nitrogens with zero attached hydrogens (tertiary/aromatic N) is 1. The molecule has 4 heteroatoms. The van der Waals surface area contributed by atoms with Crippen LogP contribution in [0.4, 0.5) is 0 Å². The first kappa shape index (κ1) is 12.9. The van der Waals surface area contributed by atoms with E-state index in [1.807, 2.05) is 0 Å². The summed E-state index contributed by atoms with van der Waals surface area (Å²) in [6.45, 7) is 5.31. The molecule has 1 saturated carbocycles. The van der Waals surface area contributed by atoms with Crippen molar-refractivity contribution < 1.29 is 9.47 Å². The molecule has 0 aromatic heterocycles. The van der Waals surface area contributed by atoms with Crippen LogP contribution in [0.2, 0.25) is 0 Å². The second-order valence-corrected chi connectivity index (χ2v) is 6.05. The van der Waals surface area contributed by atoms with Crippen molar-refractivity contribution in [3.05, 3.63) is 0 Å².